The van der Waals surface area contributed by atoms with Gasteiger partial charge in [0.2, 0.25) is 5.88 Å². The summed E-state index contributed by atoms with van der Waals surface area (Å²) in [6, 6.07) is 6.62. The van der Waals surface area contributed by atoms with Gasteiger partial charge < -0.3 is 9.84 Å². The summed E-state index contributed by atoms with van der Waals surface area (Å²) >= 11 is 0. The number of hydrogen-bond donors (Lipinski definition) is 1. The molecule has 1 N–H and O–H groups in total. The van der Waals surface area contributed by atoms with Crippen LogP contribution in [-0.4, -0.2) is 50.0 Å². The van der Waals surface area contributed by atoms with Gasteiger partial charge in [0.05, 0.1) is 5.69 Å². The van der Waals surface area contributed by atoms with Gasteiger partial charge in [0.1, 0.15) is 0 Å². The standard InChI is InChI=1S/C18H16F6N4O3/c1-10-3-5-12(6-4-10)27-15(7-13(26-27)17(19,20)21)31-9-14(29)28-16(30,18(22,23)24)8-11(2)25-28/h3-7,30H,8-9H2,1-2H3/t16-/m0/s1. The van der Waals surface area contributed by atoms with Gasteiger partial charge in [0.25, 0.3) is 11.6 Å². The molecule has 0 saturated heterocycles. The van der Waals surface area contributed by atoms with E-state index >= 15 is 0 Å². The molecule has 0 aliphatic carbocycles. The quantitative estimate of drug-likeness (QED) is 0.724. The van der Waals surface area contributed by atoms with Crippen LogP contribution in [0.5, 0.6) is 5.88 Å². The van der Waals surface area contributed by atoms with Crippen molar-refractivity contribution in [2.24, 2.45) is 5.10 Å². The first-order chi connectivity index (χ1) is 14.2. The van der Waals surface area contributed by atoms with Crippen molar-refractivity contribution < 1.29 is 41.0 Å². The minimum atomic E-state index is -5.21. The first kappa shape index (κ1) is 22.6. The van der Waals surface area contributed by atoms with Crippen LogP contribution in [0.3, 0.4) is 0 Å². The third kappa shape index (κ3) is 4.36. The zero-order valence-electron chi connectivity index (χ0n) is 16.1. The third-order valence-corrected chi connectivity index (χ3v) is 4.40. The molecule has 0 spiro atoms. The Morgan fingerprint density at radius 1 is 1.16 bits per heavy atom. The SMILES string of the molecule is CC1=NN(C(=O)COc2cc(C(F)(F)F)nn2-c2ccc(C)cc2)[C@@](O)(C(F)(F)F)C1. The van der Waals surface area contributed by atoms with E-state index in [1.165, 1.54) is 19.1 Å². The number of rotatable bonds is 4. The van der Waals surface area contributed by atoms with Crippen molar-refractivity contribution in [3.8, 4) is 11.6 Å². The molecule has 1 aromatic heterocycles. The summed E-state index contributed by atoms with van der Waals surface area (Å²) in [7, 11) is 0. The molecular formula is C18H16F6N4O3. The van der Waals surface area contributed by atoms with E-state index in [-0.39, 0.29) is 16.4 Å². The number of carbonyl (C=O) groups excluding carboxylic acids is 1. The van der Waals surface area contributed by atoms with Gasteiger partial charge in [-0.3, -0.25) is 4.79 Å². The number of hydrogen-bond acceptors (Lipinski definition) is 5. The third-order valence-electron chi connectivity index (χ3n) is 4.40. The van der Waals surface area contributed by atoms with Crippen LogP contribution in [0.4, 0.5) is 26.3 Å². The number of amides is 1. The number of nitrogens with zero attached hydrogens (tertiary/aromatic N) is 4. The normalized spacial score (nSPS) is 19.5. The predicted molar refractivity (Wildman–Crippen MR) is 94.4 cm³/mol. The van der Waals surface area contributed by atoms with Crippen LogP contribution in [0.2, 0.25) is 0 Å². The fourth-order valence-corrected chi connectivity index (χ4v) is 2.88. The van der Waals surface area contributed by atoms with E-state index < -0.39 is 48.6 Å². The molecule has 1 aliphatic heterocycles. The molecule has 3 rings (SSSR count). The highest BCUT2D eigenvalue weighted by Gasteiger charge is 2.62. The number of carbonyl (C=O) groups is 1. The Hall–Kier alpha value is -3.09. The lowest BCUT2D eigenvalue weighted by Gasteiger charge is -2.32. The predicted octanol–water partition coefficient (Wildman–Crippen LogP) is 3.44. The number of alkyl halides is 6. The summed E-state index contributed by atoms with van der Waals surface area (Å²) in [5, 5.41) is 16.6. The number of aryl methyl sites for hydroxylation is 1. The lowest BCUT2D eigenvalue weighted by atomic mass is 10.1. The molecule has 1 aromatic carbocycles. The first-order valence-electron chi connectivity index (χ1n) is 8.76. The Kier molecular flexibility index (Phi) is 5.50. The lowest BCUT2D eigenvalue weighted by molar-refractivity contribution is -0.302. The molecule has 13 heteroatoms. The smallest absolute Gasteiger partial charge is 0.438 e. The molecule has 0 bridgehead atoms. The Bertz CT molecular complexity index is 1010. The second kappa shape index (κ2) is 7.55. The maximum Gasteiger partial charge on any atom is 0.438 e. The Morgan fingerprint density at radius 3 is 2.32 bits per heavy atom. The second-order valence-corrected chi connectivity index (χ2v) is 6.93. The van der Waals surface area contributed by atoms with Gasteiger partial charge in [-0.1, -0.05) is 17.7 Å². The van der Waals surface area contributed by atoms with E-state index in [1.807, 2.05) is 0 Å². The Balaban J connectivity index is 1.88. The van der Waals surface area contributed by atoms with Crippen LogP contribution >= 0.6 is 0 Å². The van der Waals surface area contributed by atoms with Gasteiger partial charge in [-0.15, -0.1) is 0 Å². The first-order valence-corrected chi connectivity index (χ1v) is 8.76. The minimum Gasteiger partial charge on any atom is -0.467 e. The summed E-state index contributed by atoms with van der Waals surface area (Å²) < 4.78 is 84.9. The number of halogens is 6. The number of hydrazone groups is 1. The highest BCUT2D eigenvalue weighted by atomic mass is 19.4. The summed E-state index contributed by atoms with van der Waals surface area (Å²) in [5.41, 5.74) is -4.05. The molecule has 0 unspecified atom stereocenters. The van der Waals surface area contributed by atoms with E-state index in [2.05, 4.69) is 10.2 Å². The molecule has 2 aromatic rings. The lowest BCUT2D eigenvalue weighted by Crippen LogP contribution is -2.57. The van der Waals surface area contributed by atoms with E-state index in [9.17, 15) is 36.2 Å². The average molecular weight is 450 g/mol. The van der Waals surface area contributed by atoms with Crippen LogP contribution in [0.25, 0.3) is 5.69 Å². The van der Waals surface area contributed by atoms with Crippen molar-refractivity contribution in [1.82, 2.24) is 14.8 Å². The van der Waals surface area contributed by atoms with Crippen LogP contribution in [-0.2, 0) is 11.0 Å². The number of aromatic nitrogens is 2. The van der Waals surface area contributed by atoms with Crippen molar-refractivity contribution >= 4 is 11.6 Å². The summed E-state index contributed by atoms with van der Waals surface area (Å²) in [6.45, 7) is 1.82. The molecular weight excluding hydrogens is 434 g/mol. The summed E-state index contributed by atoms with van der Waals surface area (Å²) in [4.78, 5) is 12.3. The Labute approximate surface area is 171 Å². The average Bonchev–Trinajstić information content (AvgIpc) is 3.21. The monoisotopic (exact) mass is 450 g/mol. The zero-order valence-corrected chi connectivity index (χ0v) is 16.1. The molecule has 168 valence electrons. The van der Waals surface area contributed by atoms with Crippen molar-refractivity contribution in [1.29, 1.82) is 0 Å². The van der Waals surface area contributed by atoms with Crippen LogP contribution in [0.1, 0.15) is 24.6 Å². The van der Waals surface area contributed by atoms with Gasteiger partial charge in [0.15, 0.2) is 12.3 Å². The molecule has 7 nitrogen and oxygen atoms in total. The van der Waals surface area contributed by atoms with Crippen LogP contribution in [0, 0.1) is 6.92 Å². The maximum absolute atomic E-state index is 13.2. The largest absolute Gasteiger partial charge is 0.467 e. The van der Waals surface area contributed by atoms with E-state index in [0.717, 1.165) is 10.2 Å². The molecule has 1 amide bonds. The van der Waals surface area contributed by atoms with Crippen molar-refractivity contribution in [2.75, 3.05) is 6.61 Å². The number of aliphatic hydroxyl groups is 1. The van der Waals surface area contributed by atoms with Gasteiger partial charge in [0, 0.05) is 18.2 Å². The molecule has 1 atom stereocenters. The maximum atomic E-state index is 13.2. The van der Waals surface area contributed by atoms with E-state index in [1.54, 1.807) is 19.1 Å². The summed E-state index contributed by atoms with van der Waals surface area (Å²) in [5.74, 6) is -1.93. The molecule has 2 heterocycles. The fourth-order valence-electron chi connectivity index (χ4n) is 2.88. The van der Waals surface area contributed by atoms with Crippen molar-refractivity contribution in [2.45, 2.75) is 38.3 Å². The molecule has 0 saturated carbocycles. The summed E-state index contributed by atoms with van der Waals surface area (Å²) in [6.07, 6.45) is -11.0. The zero-order chi connectivity index (χ0) is 23.2. The number of ether oxygens (including phenoxy) is 1. The minimum absolute atomic E-state index is 0.155. The molecule has 1 aliphatic rings. The number of benzene rings is 1. The van der Waals surface area contributed by atoms with Gasteiger partial charge in [-0.25, -0.2) is 4.68 Å². The van der Waals surface area contributed by atoms with Crippen LogP contribution < -0.4 is 4.74 Å². The van der Waals surface area contributed by atoms with Gasteiger partial charge >= 0.3 is 12.4 Å². The van der Waals surface area contributed by atoms with Crippen molar-refractivity contribution in [3.63, 3.8) is 0 Å². The van der Waals surface area contributed by atoms with E-state index in [4.69, 9.17) is 4.74 Å². The van der Waals surface area contributed by atoms with Gasteiger partial charge in [-0.05, 0) is 26.0 Å². The second-order valence-electron chi connectivity index (χ2n) is 6.93. The molecule has 0 fully saturated rings. The van der Waals surface area contributed by atoms with Gasteiger partial charge in [-0.2, -0.15) is 41.6 Å². The van der Waals surface area contributed by atoms with E-state index in [0.29, 0.717) is 6.07 Å². The molecule has 0 radical (unpaired) electrons. The highest BCUT2D eigenvalue weighted by molar-refractivity contribution is 5.89. The molecule has 31 heavy (non-hydrogen) atoms. The highest BCUT2D eigenvalue weighted by Crippen LogP contribution is 2.40. The van der Waals surface area contributed by atoms with Crippen molar-refractivity contribution in [3.05, 3.63) is 41.6 Å². The Morgan fingerprint density at radius 2 is 1.77 bits per heavy atom. The van der Waals surface area contributed by atoms with Crippen LogP contribution in [0.15, 0.2) is 35.4 Å². The topological polar surface area (TPSA) is 80.0 Å². The fraction of sp³-hybridized carbons (Fsp3) is 0.389.